The van der Waals surface area contributed by atoms with Crippen LogP contribution in [0.5, 0.6) is 0 Å². The number of rotatable bonds is 3. The molecule has 0 saturated carbocycles. The summed E-state index contributed by atoms with van der Waals surface area (Å²) in [5, 5.41) is 1.88. The van der Waals surface area contributed by atoms with E-state index in [1.807, 2.05) is 24.3 Å². The van der Waals surface area contributed by atoms with Gasteiger partial charge >= 0.3 is 5.97 Å². The molecule has 20 heavy (non-hydrogen) atoms. The molecule has 0 bridgehead atoms. The Bertz CT molecular complexity index is 593. The maximum absolute atomic E-state index is 11.3. The molecular formula is C13H17Cl2N3O2. The van der Waals surface area contributed by atoms with Gasteiger partial charge < -0.3 is 16.2 Å². The zero-order valence-corrected chi connectivity index (χ0v) is 12.5. The first-order chi connectivity index (χ1) is 8.61. The molecule has 4 N–H and O–H groups in total. The van der Waals surface area contributed by atoms with E-state index in [0.29, 0.717) is 12.2 Å². The van der Waals surface area contributed by atoms with Crippen molar-refractivity contribution in [1.29, 1.82) is 0 Å². The molecule has 0 fully saturated rings. The molecule has 1 unspecified atom stereocenters. The zero-order chi connectivity index (χ0) is 13.1. The molecule has 5 nitrogen and oxygen atoms in total. The number of hydrogen-bond donors (Lipinski definition) is 2. The summed E-state index contributed by atoms with van der Waals surface area (Å²) in [7, 11) is 1.32. The summed E-state index contributed by atoms with van der Waals surface area (Å²) >= 11 is 0. The van der Waals surface area contributed by atoms with Crippen molar-refractivity contribution in [3.8, 4) is 0 Å². The highest BCUT2D eigenvalue weighted by molar-refractivity contribution is 5.91. The minimum Gasteiger partial charge on any atom is -0.468 e. The largest absolute Gasteiger partial charge is 0.468 e. The molecule has 0 amide bonds. The number of nitrogens with zero attached hydrogens (tertiary/aromatic N) is 1. The van der Waals surface area contributed by atoms with Gasteiger partial charge in [0.25, 0.3) is 0 Å². The standard InChI is InChI=1S/C13H15N3O2.2ClH/c1-18-13(17)11(14)7-8-2-3-9-4-5-16-12(15)10(9)6-8;;/h2-6,11H,7,14H2,1H3,(H2,15,16);2*1H. The second-order valence-electron chi connectivity index (χ2n) is 4.09. The van der Waals surface area contributed by atoms with Crippen molar-refractivity contribution in [2.75, 3.05) is 12.8 Å². The maximum Gasteiger partial charge on any atom is 0.322 e. The number of benzene rings is 1. The van der Waals surface area contributed by atoms with Gasteiger partial charge in [-0.05, 0) is 29.5 Å². The van der Waals surface area contributed by atoms with Gasteiger partial charge in [-0.3, -0.25) is 4.79 Å². The Morgan fingerprint density at radius 1 is 1.35 bits per heavy atom. The number of ether oxygens (including phenoxy) is 1. The summed E-state index contributed by atoms with van der Waals surface area (Å²) in [5.74, 6) is 0.0512. The van der Waals surface area contributed by atoms with E-state index in [2.05, 4.69) is 9.72 Å². The zero-order valence-electron chi connectivity index (χ0n) is 10.9. The van der Waals surface area contributed by atoms with Crippen molar-refractivity contribution >= 4 is 47.4 Å². The fourth-order valence-corrected chi connectivity index (χ4v) is 1.85. The Hall–Kier alpha value is -1.56. The van der Waals surface area contributed by atoms with Crippen molar-refractivity contribution in [3.63, 3.8) is 0 Å². The molecule has 0 aliphatic rings. The molecule has 2 aromatic rings. The first kappa shape index (κ1) is 18.4. The molecule has 7 heteroatoms. The fraction of sp³-hybridized carbons (Fsp3) is 0.231. The van der Waals surface area contributed by atoms with Gasteiger partial charge in [0.05, 0.1) is 7.11 Å². The number of carbonyl (C=O) groups excluding carboxylic acids is 1. The first-order valence-electron chi connectivity index (χ1n) is 5.58. The lowest BCUT2D eigenvalue weighted by Gasteiger charge is -2.10. The topological polar surface area (TPSA) is 91.2 Å². The van der Waals surface area contributed by atoms with E-state index in [-0.39, 0.29) is 24.8 Å². The molecular weight excluding hydrogens is 301 g/mol. The highest BCUT2D eigenvalue weighted by atomic mass is 35.5. The molecule has 0 radical (unpaired) electrons. The van der Waals surface area contributed by atoms with Gasteiger partial charge in [-0.1, -0.05) is 12.1 Å². The molecule has 1 aromatic carbocycles. The first-order valence-corrected chi connectivity index (χ1v) is 5.58. The number of aromatic nitrogens is 1. The number of halogens is 2. The SMILES string of the molecule is COC(=O)C(N)Cc1ccc2ccnc(N)c2c1.Cl.Cl. The number of fused-ring (bicyclic) bond motifs is 1. The fourth-order valence-electron chi connectivity index (χ4n) is 1.85. The van der Waals surface area contributed by atoms with Crippen molar-refractivity contribution in [3.05, 3.63) is 36.0 Å². The van der Waals surface area contributed by atoms with Crippen LogP contribution in [0.3, 0.4) is 0 Å². The molecule has 0 saturated heterocycles. The van der Waals surface area contributed by atoms with Gasteiger partial charge in [0.2, 0.25) is 0 Å². The lowest BCUT2D eigenvalue weighted by molar-refractivity contribution is -0.142. The predicted octanol–water partition coefficient (Wildman–Crippen LogP) is 1.70. The molecule has 0 aliphatic heterocycles. The van der Waals surface area contributed by atoms with Crippen molar-refractivity contribution < 1.29 is 9.53 Å². The third kappa shape index (κ3) is 3.96. The number of anilines is 1. The molecule has 0 aliphatic carbocycles. The van der Waals surface area contributed by atoms with E-state index < -0.39 is 12.0 Å². The lowest BCUT2D eigenvalue weighted by Crippen LogP contribution is -2.33. The number of carbonyl (C=O) groups is 1. The second-order valence-corrected chi connectivity index (χ2v) is 4.09. The maximum atomic E-state index is 11.3. The summed E-state index contributed by atoms with van der Waals surface area (Å²) in [6, 6.07) is 6.98. The van der Waals surface area contributed by atoms with Crippen LogP contribution in [0.2, 0.25) is 0 Å². The van der Waals surface area contributed by atoms with E-state index in [9.17, 15) is 4.79 Å². The van der Waals surface area contributed by atoms with Crippen LogP contribution in [0, 0.1) is 0 Å². The highest BCUT2D eigenvalue weighted by Gasteiger charge is 2.14. The number of esters is 1. The number of nitrogens with two attached hydrogens (primary N) is 2. The van der Waals surface area contributed by atoms with Gasteiger partial charge in [-0.25, -0.2) is 4.98 Å². The molecule has 1 atom stereocenters. The Morgan fingerprint density at radius 3 is 2.70 bits per heavy atom. The third-order valence-corrected chi connectivity index (χ3v) is 2.82. The van der Waals surface area contributed by atoms with Gasteiger partial charge in [0, 0.05) is 11.6 Å². The summed E-state index contributed by atoms with van der Waals surface area (Å²) in [4.78, 5) is 15.3. The Balaban J connectivity index is 0.00000180. The van der Waals surface area contributed by atoms with Crippen LogP contribution in [0.25, 0.3) is 10.8 Å². The molecule has 110 valence electrons. The van der Waals surface area contributed by atoms with Gasteiger partial charge in [0.15, 0.2) is 0 Å². The number of nitrogen functional groups attached to an aromatic ring is 1. The molecule has 1 aromatic heterocycles. The highest BCUT2D eigenvalue weighted by Crippen LogP contribution is 2.20. The van der Waals surface area contributed by atoms with E-state index >= 15 is 0 Å². The van der Waals surface area contributed by atoms with E-state index in [4.69, 9.17) is 11.5 Å². The molecule has 0 spiro atoms. The Kier molecular flexibility index (Phi) is 7.28. The average Bonchev–Trinajstić information content (AvgIpc) is 2.38. The van der Waals surface area contributed by atoms with Crippen LogP contribution in [0.4, 0.5) is 5.82 Å². The lowest BCUT2D eigenvalue weighted by atomic mass is 10.0. The van der Waals surface area contributed by atoms with E-state index in [1.54, 1.807) is 6.20 Å². The van der Waals surface area contributed by atoms with E-state index in [0.717, 1.165) is 16.3 Å². The predicted molar refractivity (Wildman–Crippen MR) is 84.3 cm³/mol. The Labute approximate surface area is 129 Å². The quantitative estimate of drug-likeness (QED) is 0.841. The molecule has 1 heterocycles. The second kappa shape index (κ2) is 7.89. The number of pyridine rings is 1. The van der Waals surface area contributed by atoms with Crippen LogP contribution in [0.15, 0.2) is 30.5 Å². The minimum atomic E-state index is -0.662. The Morgan fingerprint density at radius 2 is 2.05 bits per heavy atom. The van der Waals surface area contributed by atoms with Crippen molar-refractivity contribution in [1.82, 2.24) is 4.98 Å². The molecule has 2 rings (SSSR count). The smallest absolute Gasteiger partial charge is 0.322 e. The number of methoxy groups -OCH3 is 1. The van der Waals surface area contributed by atoms with Crippen LogP contribution >= 0.6 is 24.8 Å². The normalized spacial score (nSPS) is 11.1. The van der Waals surface area contributed by atoms with Gasteiger partial charge in [-0.2, -0.15) is 0 Å². The monoisotopic (exact) mass is 317 g/mol. The summed E-state index contributed by atoms with van der Waals surface area (Å²) in [5.41, 5.74) is 12.5. The number of hydrogen-bond acceptors (Lipinski definition) is 5. The van der Waals surface area contributed by atoms with Crippen LogP contribution in [-0.4, -0.2) is 24.1 Å². The third-order valence-electron chi connectivity index (χ3n) is 2.82. The van der Waals surface area contributed by atoms with E-state index in [1.165, 1.54) is 7.11 Å². The van der Waals surface area contributed by atoms with Gasteiger partial charge in [0.1, 0.15) is 11.9 Å². The summed E-state index contributed by atoms with van der Waals surface area (Å²) in [6.45, 7) is 0. The summed E-state index contributed by atoms with van der Waals surface area (Å²) in [6.07, 6.45) is 2.08. The van der Waals surface area contributed by atoms with Crippen molar-refractivity contribution in [2.45, 2.75) is 12.5 Å². The minimum absolute atomic E-state index is 0. The van der Waals surface area contributed by atoms with Crippen LogP contribution in [-0.2, 0) is 16.0 Å². The van der Waals surface area contributed by atoms with Crippen LogP contribution in [0.1, 0.15) is 5.56 Å². The van der Waals surface area contributed by atoms with Crippen LogP contribution < -0.4 is 11.5 Å². The van der Waals surface area contributed by atoms with Gasteiger partial charge in [-0.15, -0.1) is 24.8 Å². The van der Waals surface area contributed by atoms with Crippen molar-refractivity contribution in [2.24, 2.45) is 5.73 Å². The average molecular weight is 318 g/mol. The summed E-state index contributed by atoms with van der Waals surface area (Å²) < 4.78 is 4.59.